The molecule has 3 amide bonds. The Hall–Kier alpha value is -2.95. The van der Waals surface area contributed by atoms with Gasteiger partial charge in [0.15, 0.2) is 0 Å². The molecule has 0 spiro atoms. The van der Waals surface area contributed by atoms with Crippen LogP contribution in [0.4, 0.5) is 0 Å². The van der Waals surface area contributed by atoms with E-state index in [1.165, 1.54) is 11.3 Å². The molecule has 2 saturated heterocycles. The predicted molar refractivity (Wildman–Crippen MR) is 158 cm³/mol. The Labute approximate surface area is 246 Å². The molecule has 10 heteroatoms. The van der Waals surface area contributed by atoms with Crippen molar-refractivity contribution in [1.29, 1.82) is 0 Å². The summed E-state index contributed by atoms with van der Waals surface area (Å²) >= 11 is 1.40. The van der Waals surface area contributed by atoms with Crippen LogP contribution in [0.1, 0.15) is 65.0 Å². The summed E-state index contributed by atoms with van der Waals surface area (Å²) in [5, 5.41) is 5.05. The molecule has 5 rings (SSSR count). The van der Waals surface area contributed by atoms with Gasteiger partial charge in [0.05, 0.1) is 24.1 Å². The zero-order valence-electron chi connectivity index (χ0n) is 23.8. The van der Waals surface area contributed by atoms with Gasteiger partial charge in [-0.05, 0) is 86.6 Å². The van der Waals surface area contributed by atoms with Gasteiger partial charge in [-0.3, -0.25) is 14.4 Å². The number of rotatable bonds is 10. The van der Waals surface area contributed by atoms with Crippen LogP contribution < -0.4 is 15.8 Å². The van der Waals surface area contributed by atoms with E-state index in [2.05, 4.69) is 5.32 Å². The third-order valence-corrected chi connectivity index (χ3v) is 9.66. The highest BCUT2D eigenvalue weighted by atomic mass is 32.1. The van der Waals surface area contributed by atoms with E-state index in [-0.39, 0.29) is 36.4 Å². The number of nitrogens with zero attached hydrogens (tertiary/aromatic N) is 2. The monoisotopic (exact) mass is 582 g/mol. The van der Waals surface area contributed by atoms with Crippen LogP contribution in [0.15, 0.2) is 41.8 Å². The molecular weight excluding hydrogens is 540 g/mol. The number of nitrogens with two attached hydrogens (primary N) is 1. The van der Waals surface area contributed by atoms with Gasteiger partial charge >= 0.3 is 0 Å². The minimum Gasteiger partial charge on any atom is -0.497 e. The Balaban J connectivity index is 1.37. The van der Waals surface area contributed by atoms with E-state index in [0.29, 0.717) is 60.7 Å². The zero-order valence-corrected chi connectivity index (χ0v) is 24.7. The van der Waals surface area contributed by atoms with Gasteiger partial charge in [-0.25, -0.2) is 0 Å². The summed E-state index contributed by atoms with van der Waals surface area (Å²) < 4.78 is 11.3. The lowest BCUT2D eigenvalue weighted by Crippen LogP contribution is -2.47. The highest BCUT2D eigenvalue weighted by Crippen LogP contribution is 2.30. The van der Waals surface area contributed by atoms with Crippen LogP contribution in [0, 0.1) is 11.8 Å². The number of carbonyl (C=O) groups excluding carboxylic acids is 3. The third-order valence-electron chi connectivity index (χ3n) is 8.81. The molecule has 3 aliphatic rings. The number of benzene rings is 1. The maximum absolute atomic E-state index is 13.9. The average molecular weight is 583 g/mol. The van der Waals surface area contributed by atoms with Crippen LogP contribution in [0.25, 0.3) is 0 Å². The SMILES string of the molecule is COc1cccc(C(=O)N2CC(N(CC3CCCO3)C(=O)c3cccs3)CC2C(=O)NCC2CCCC(CN)C2)c1. The van der Waals surface area contributed by atoms with Crippen LogP contribution in [0.3, 0.4) is 0 Å². The fourth-order valence-corrected chi connectivity index (χ4v) is 7.23. The van der Waals surface area contributed by atoms with Crippen LogP contribution in [0.5, 0.6) is 5.75 Å². The molecule has 5 unspecified atom stereocenters. The number of amides is 3. The molecule has 9 nitrogen and oxygen atoms in total. The summed E-state index contributed by atoms with van der Waals surface area (Å²) in [7, 11) is 1.56. The largest absolute Gasteiger partial charge is 0.497 e. The molecule has 1 aliphatic carbocycles. The highest BCUT2D eigenvalue weighted by Gasteiger charge is 2.44. The fraction of sp³-hybridized carbons (Fsp3) is 0.581. The van der Waals surface area contributed by atoms with Gasteiger partial charge in [0.2, 0.25) is 5.91 Å². The van der Waals surface area contributed by atoms with E-state index < -0.39 is 6.04 Å². The van der Waals surface area contributed by atoms with E-state index in [9.17, 15) is 14.4 Å². The molecule has 3 fully saturated rings. The second-order valence-corrected chi connectivity index (χ2v) is 12.5. The molecule has 0 bridgehead atoms. The van der Waals surface area contributed by atoms with Crippen molar-refractivity contribution < 1.29 is 23.9 Å². The van der Waals surface area contributed by atoms with Crippen molar-refractivity contribution in [1.82, 2.24) is 15.1 Å². The molecule has 1 saturated carbocycles. The minimum atomic E-state index is -0.685. The van der Waals surface area contributed by atoms with Crippen molar-refractivity contribution in [3.8, 4) is 5.75 Å². The summed E-state index contributed by atoms with van der Waals surface area (Å²) in [6, 6.07) is 9.69. The summed E-state index contributed by atoms with van der Waals surface area (Å²) in [5.74, 6) is 0.976. The number of likely N-dealkylation sites (tertiary alicyclic amines) is 1. The lowest BCUT2D eigenvalue weighted by molar-refractivity contribution is -0.125. The highest BCUT2D eigenvalue weighted by molar-refractivity contribution is 7.12. The molecule has 41 heavy (non-hydrogen) atoms. The van der Waals surface area contributed by atoms with Gasteiger partial charge in [0, 0.05) is 31.8 Å². The van der Waals surface area contributed by atoms with Gasteiger partial charge in [-0.15, -0.1) is 11.3 Å². The first-order valence-corrected chi connectivity index (χ1v) is 15.7. The Bertz CT molecular complexity index is 1180. The number of methoxy groups -OCH3 is 1. The first-order chi connectivity index (χ1) is 20.0. The summed E-state index contributed by atoms with van der Waals surface area (Å²) in [6.07, 6.45) is 6.54. The van der Waals surface area contributed by atoms with Gasteiger partial charge in [0.1, 0.15) is 11.8 Å². The Morgan fingerprint density at radius 3 is 2.71 bits per heavy atom. The molecule has 5 atom stereocenters. The lowest BCUT2D eigenvalue weighted by atomic mass is 9.81. The van der Waals surface area contributed by atoms with Crippen molar-refractivity contribution >= 4 is 29.1 Å². The standard InChI is InChI=1S/C31H42N4O5S/c1-39-25-9-3-8-23(15-25)30(37)35-19-24(16-27(35)29(36)33-18-22-7-2-6-21(14-22)17-32)34(20-26-10-4-12-40-26)31(38)28-11-5-13-41-28/h3,5,8-9,11,13,15,21-22,24,26-27H,2,4,6-7,10,12,14,16-20,32H2,1H3,(H,33,36). The molecule has 222 valence electrons. The van der Waals surface area contributed by atoms with Crippen molar-refractivity contribution in [2.45, 2.75) is 63.1 Å². The minimum absolute atomic E-state index is 0.0453. The fourth-order valence-electron chi connectivity index (χ4n) is 6.55. The topological polar surface area (TPSA) is 114 Å². The zero-order chi connectivity index (χ0) is 28.8. The number of hydrogen-bond donors (Lipinski definition) is 2. The van der Waals surface area contributed by atoms with Crippen molar-refractivity contribution in [3.05, 3.63) is 52.2 Å². The molecule has 1 aromatic carbocycles. The van der Waals surface area contributed by atoms with Gasteiger partial charge in [0.25, 0.3) is 11.8 Å². The van der Waals surface area contributed by atoms with E-state index >= 15 is 0 Å². The summed E-state index contributed by atoms with van der Waals surface area (Å²) in [5.41, 5.74) is 6.38. The maximum atomic E-state index is 13.9. The predicted octanol–water partition coefficient (Wildman–Crippen LogP) is 3.54. The Morgan fingerprint density at radius 2 is 1.98 bits per heavy atom. The Kier molecular flexibility index (Phi) is 9.95. The maximum Gasteiger partial charge on any atom is 0.264 e. The van der Waals surface area contributed by atoms with Crippen LogP contribution in [-0.2, 0) is 9.53 Å². The summed E-state index contributed by atoms with van der Waals surface area (Å²) in [6.45, 7) is 2.66. The molecule has 3 N–H and O–H groups in total. The van der Waals surface area contributed by atoms with Crippen LogP contribution >= 0.6 is 11.3 Å². The second-order valence-electron chi connectivity index (χ2n) is 11.5. The quantitative estimate of drug-likeness (QED) is 0.443. The molecule has 2 aliphatic heterocycles. The van der Waals surface area contributed by atoms with E-state index in [1.807, 2.05) is 22.4 Å². The van der Waals surface area contributed by atoms with Crippen molar-refractivity contribution in [2.24, 2.45) is 17.6 Å². The third kappa shape index (κ3) is 7.10. The van der Waals surface area contributed by atoms with Crippen molar-refractivity contribution in [2.75, 3.05) is 39.9 Å². The normalized spacial score (nSPS) is 26.1. The first kappa shape index (κ1) is 29.5. The number of nitrogens with one attached hydrogen (secondary N) is 1. The van der Waals surface area contributed by atoms with Gasteiger partial charge in [-0.2, -0.15) is 0 Å². The van der Waals surface area contributed by atoms with Crippen LogP contribution in [0.2, 0.25) is 0 Å². The molecule has 2 aromatic rings. The molecular formula is C31H42N4O5S. The van der Waals surface area contributed by atoms with Crippen LogP contribution in [-0.4, -0.2) is 85.6 Å². The van der Waals surface area contributed by atoms with E-state index in [1.54, 1.807) is 36.3 Å². The lowest BCUT2D eigenvalue weighted by Gasteiger charge is -2.31. The van der Waals surface area contributed by atoms with E-state index in [0.717, 1.165) is 38.5 Å². The number of carbonyl (C=O) groups is 3. The first-order valence-electron chi connectivity index (χ1n) is 14.9. The number of ether oxygens (including phenoxy) is 2. The van der Waals surface area contributed by atoms with Crippen molar-refractivity contribution in [3.63, 3.8) is 0 Å². The number of hydrogen-bond acceptors (Lipinski definition) is 7. The second kappa shape index (κ2) is 13.8. The smallest absolute Gasteiger partial charge is 0.264 e. The van der Waals surface area contributed by atoms with Gasteiger partial charge < -0.3 is 30.3 Å². The number of thiophene rings is 1. The Morgan fingerprint density at radius 1 is 1.12 bits per heavy atom. The van der Waals surface area contributed by atoms with E-state index in [4.69, 9.17) is 15.2 Å². The average Bonchev–Trinajstić information content (AvgIpc) is 3.81. The molecule has 0 radical (unpaired) electrons. The molecule has 1 aromatic heterocycles. The summed E-state index contributed by atoms with van der Waals surface area (Å²) in [4.78, 5) is 45.5. The van der Waals surface area contributed by atoms with Gasteiger partial charge in [-0.1, -0.05) is 18.6 Å². The molecule has 3 heterocycles.